The van der Waals surface area contributed by atoms with Crippen molar-refractivity contribution in [3.8, 4) is 0 Å². The molecule has 18 heavy (non-hydrogen) atoms. The lowest BCUT2D eigenvalue weighted by molar-refractivity contribution is 0.0825. The molecule has 1 aromatic heterocycles. The SMILES string of the molecule is Cc1ccc(C2(O)CCc3cc(F)ccc32)cn1. The van der Waals surface area contributed by atoms with Crippen molar-refractivity contribution < 1.29 is 9.50 Å². The molecular weight excluding hydrogens is 229 g/mol. The van der Waals surface area contributed by atoms with Crippen molar-refractivity contribution in [2.75, 3.05) is 0 Å². The predicted octanol–water partition coefficient (Wildman–Crippen LogP) is 2.71. The fourth-order valence-corrected chi connectivity index (χ4v) is 2.64. The molecule has 1 aliphatic carbocycles. The summed E-state index contributed by atoms with van der Waals surface area (Å²) in [6.45, 7) is 1.91. The molecule has 1 aliphatic rings. The van der Waals surface area contributed by atoms with Crippen LogP contribution in [0, 0.1) is 12.7 Å². The average molecular weight is 243 g/mol. The van der Waals surface area contributed by atoms with Gasteiger partial charge in [0.05, 0.1) is 0 Å². The van der Waals surface area contributed by atoms with E-state index in [4.69, 9.17) is 0 Å². The maximum absolute atomic E-state index is 13.2. The van der Waals surface area contributed by atoms with Crippen LogP contribution >= 0.6 is 0 Å². The molecule has 1 unspecified atom stereocenters. The van der Waals surface area contributed by atoms with E-state index in [0.29, 0.717) is 12.8 Å². The van der Waals surface area contributed by atoms with Crippen molar-refractivity contribution in [3.05, 3.63) is 64.7 Å². The average Bonchev–Trinajstić information content (AvgIpc) is 2.68. The van der Waals surface area contributed by atoms with E-state index < -0.39 is 5.60 Å². The molecule has 0 radical (unpaired) electrons. The highest BCUT2D eigenvalue weighted by molar-refractivity contribution is 5.44. The molecule has 0 bridgehead atoms. The number of aliphatic hydroxyl groups is 1. The second-order valence-corrected chi connectivity index (χ2v) is 4.85. The number of fused-ring (bicyclic) bond motifs is 1. The van der Waals surface area contributed by atoms with Crippen LogP contribution in [-0.2, 0) is 12.0 Å². The van der Waals surface area contributed by atoms with Gasteiger partial charge in [-0.25, -0.2) is 4.39 Å². The molecule has 0 saturated carbocycles. The number of nitrogens with zero attached hydrogens (tertiary/aromatic N) is 1. The van der Waals surface area contributed by atoms with Gasteiger partial charge in [-0.1, -0.05) is 12.1 Å². The minimum atomic E-state index is -1.02. The molecule has 0 spiro atoms. The first-order valence-corrected chi connectivity index (χ1v) is 6.04. The van der Waals surface area contributed by atoms with Gasteiger partial charge in [0.25, 0.3) is 0 Å². The zero-order chi connectivity index (χ0) is 12.8. The summed E-state index contributed by atoms with van der Waals surface area (Å²) in [6, 6.07) is 8.36. The number of pyridine rings is 1. The van der Waals surface area contributed by atoms with Crippen LogP contribution in [0.5, 0.6) is 0 Å². The molecule has 2 aromatic rings. The molecule has 1 atom stereocenters. The Morgan fingerprint density at radius 2 is 2.11 bits per heavy atom. The number of hydrogen-bond acceptors (Lipinski definition) is 2. The van der Waals surface area contributed by atoms with Crippen LogP contribution in [0.1, 0.15) is 28.8 Å². The van der Waals surface area contributed by atoms with E-state index in [2.05, 4.69) is 4.98 Å². The highest BCUT2D eigenvalue weighted by Gasteiger charge is 2.38. The van der Waals surface area contributed by atoms with Crippen LogP contribution in [0.3, 0.4) is 0 Å². The number of hydrogen-bond donors (Lipinski definition) is 1. The topological polar surface area (TPSA) is 33.1 Å². The van der Waals surface area contributed by atoms with Crippen molar-refractivity contribution in [2.45, 2.75) is 25.4 Å². The molecule has 0 saturated heterocycles. The first-order chi connectivity index (χ1) is 8.59. The quantitative estimate of drug-likeness (QED) is 0.835. The van der Waals surface area contributed by atoms with E-state index in [1.165, 1.54) is 12.1 Å². The Morgan fingerprint density at radius 1 is 1.28 bits per heavy atom. The van der Waals surface area contributed by atoms with Gasteiger partial charge in [0.15, 0.2) is 0 Å². The maximum Gasteiger partial charge on any atom is 0.123 e. The molecule has 2 nitrogen and oxygen atoms in total. The minimum Gasteiger partial charge on any atom is -0.380 e. The molecule has 1 heterocycles. The third-order valence-electron chi connectivity index (χ3n) is 3.66. The molecular formula is C15H14FNO. The Kier molecular flexibility index (Phi) is 2.45. The monoisotopic (exact) mass is 243 g/mol. The fourth-order valence-electron chi connectivity index (χ4n) is 2.64. The predicted molar refractivity (Wildman–Crippen MR) is 66.7 cm³/mol. The summed E-state index contributed by atoms with van der Waals surface area (Å²) < 4.78 is 13.2. The van der Waals surface area contributed by atoms with E-state index in [0.717, 1.165) is 22.4 Å². The van der Waals surface area contributed by atoms with Crippen LogP contribution < -0.4 is 0 Å². The molecule has 0 fully saturated rings. The van der Waals surface area contributed by atoms with Crippen molar-refractivity contribution in [2.24, 2.45) is 0 Å². The first-order valence-electron chi connectivity index (χ1n) is 6.04. The number of benzene rings is 1. The zero-order valence-corrected chi connectivity index (χ0v) is 10.2. The van der Waals surface area contributed by atoms with Crippen molar-refractivity contribution >= 4 is 0 Å². The molecule has 1 aromatic carbocycles. The number of aryl methyl sites for hydroxylation is 2. The van der Waals surface area contributed by atoms with Crippen LogP contribution in [0.25, 0.3) is 0 Å². The van der Waals surface area contributed by atoms with Gasteiger partial charge < -0.3 is 5.11 Å². The Hall–Kier alpha value is -1.74. The molecule has 92 valence electrons. The van der Waals surface area contributed by atoms with E-state index in [1.54, 1.807) is 12.3 Å². The van der Waals surface area contributed by atoms with Gasteiger partial charge in [-0.3, -0.25) is 4.98 Å². The Morgan fingerprint density at radius 3 is 2.83 bits per heavy atom. The molecule has 3 rings (SSSR count). The lowest BCUT2D eigenvalue weighted by Crippen LogP contribution is -2.24. The van der Waals surface area contributed by atoms with Gasteiger partial charge in [-0.05, 0) is 49.1 Å². The van der Waals surface area contributed by atoms with Crippen LogP contribution in [-0.4, -0.2) is 10.1 Å². The van der Waals surface area contributed by atoms with Gasteiger partial charge >= 0.3 is 0 Å². The summed E-state index contributed by atoms with van der Waals surface area (Å²) in [4.78, 5) is 4.23. The van der Waals surface area contributed by atoms with E-state index in [1.807, 2.05) is 19.1 Å². The molecule has 1 N–H and O–H groups in total. The van der Waals surface area contributed by atoms with Crippen LogP contribution in [0.15, 0.2) is 36.5 Å². The van der Waals surface area contributed by atoms with E-state index in [-0.39, 0.29) is 5.82 Å². The van der Waals surface area contributed by atoms with Gasteiger partial charge in [-0.15, -0.1) is 0 Å². The third kappa shape index (κ3) is 1.63. The summed E-state index contributed by atoms with van der Waals surface area (Å²) in [7, 11) is 0. The Labute approximate surface area is 105 Å². The minimum absolute atomic E-state index is 0.250. The zero-order valence-electron chi connectivity index (χ0n) is 10.2. The summed E-state index contributed by atoms with van der Waals surface area (Å²) in [5.74, 6) is -0.250. The highest BCUT2D eigenvalue weighted by Crippen LogP contribution is 2.41. The van der Waals surface area contributed by atoms with E-state index >= 15 is 0 Å². The number of rotatable bonds is 1. The Balaban J connectivity index is 2.11. The molecule has 3 heteroatoms. The second-order valence-electron chi connectivity index (χ2n) is 4.85. The van der Waals surface area contributed by atoms with Crippen molar-refractivity contribution in [1.82, 2.24) is 4.98 Å². The maximum atomic E-state index is 13.2. The molecule has 0 amide bonds. The fraction of sp³-hybridized carbons (Fsp3) is 0.267. The van der Waals surface area contributed by atoms with Gasteiger partial charge in [0.2, 0.25) is 0 Å². The summed E-state index contributed by atoms with van der Waals surface area (Å²) in [5.41, 5.74) is 2.36. The summed E-state index contributed by atoms with van der Waals surface area (Å²) in [6.07, 6.45) is 2.97. The van der Waals surface area contributed by atoms with Gasteiger partial charge in [0, 0.05) is 17.5 Å². The highest BCUT2D eigenvalue weighted by atomic mass is 19.1. The van der Waals surface area contributed by atoms with Crippen molar-refractivity contribution in [3.63, 3.8) is 0 Å². The van der Waals surface area contributed by atoms with Gasteiger partial charge in [0.1, 0.15) is 11.4 Å². The Bertz CT molecular complexity index is 594. The third-order valence-corrected chi connectivity index (χ3v) is 3.66. The van der Waals surface area contributed by atoms with Crippen LogP contribution in [0.4, 0.5) is 4.39 Å². The van der Waals surface area contributed by atoms with Crippen molar-refractivity contribution in [1.29, 1.82) is 0 Å². The van der Waals surface area contributed by atoms with E-state index in [9.17, 15) is 9.50 Å². The summed E-state index contributed by atoms with van der Waals surface area (Å²) in [5, 5.41) is 10.8. The number of aromatic nitrogens is 1. The summed E-state index contributed by atoms with van der Waals surface area (Å²) >= 11 is 0. The second kappa shape index (κ2) is 3.89. The lowest BCUT2D eigenvalue weighted by atomic mass is 9.89. The number of halogens is 1. The molecule has 0 aliphatic heterocycles. The normalized spacial score (nSPS) is 21.9. The van der Waals surface area contributed by atoms with Crippen LogP contribution in [0.2, 0.25) is 0 Å². The van der Waals surface area contributed by atoms with Gasteiger partial charge in [-0.2, -0.15) is 0 Å². The lowest BCUT2D eigenvalue weighted by Gasteiger charge is -2.24. The first kappa shape index (κ1) is 11.4. The smallest absolute Gasteiger partial charge is 0.123 e. The largest absolute Gasteiger partial charge is 0.380 e. The standard InChI is InChI=1S/C15H14FNO/c1-10-2-3-12(9-17-10)15(18)7-6-11-8-13(16)4-5-14(11)15/h2-5,8-9,18H,6-7H2,1H3.